The molecule has 6 nitrogen and oxygen atoms in total. The third kappa shape index (κ3) is 5.47. The zero-order chi connectivity index (χ0) is 51.3. The monoisotopic (exact) mass is 988 g/mol. The molecule has 6 heteroatoms. The first-order chi connectivity index (χ1) is 38.7. The predicted octanol–water partition coefficient (Wildman–Crippen LogP) is 19.1. The van der Waals surface area contributed by atoms with Crippen molar-refractivity contribution in [3.63, 3.8) is 0 Å². The molecular formula is C72H40N6. The quantitative estimate of drug-likeness (QED) is 0.162. The number of hydrogen-bond acceptors (Lipinski definition) is 1. The molecular weight excluding hydrogens is 949 g/mol. The van der Waals surface area contributed by atoms with E-state index in [2.05, 4.69) is 267 Å². The highest BCUT2D eigenvalue weighted by atomic mass is 15.2. The zero-order valence-corrected chi connectivity index (χ0v) is 41.8. The summed E-state index contributed by atoms with van der Waals surface area (Å²) >= 11 is 0. The molecule has 0 bridgehead atoms. The van der Waals surface area contributed by atoms with E-state index in [-0.39, 0.29) is 11.3 Å². The van der Waals surface area contributed by atoms with Gasteiger partial charge < -0.3 is 18.3 Å². The van der Waals surface area contributed by atoms with Gasteiger partial charge in [-0.25, -0.2) is 4.85 Å². The van der Waals surface area contributed by atoms with Gasteiger partial charge in [0.15, 0.2) is 0 Å². The average Bonchev–Trinajstić information content (AvgIpc) is 3.66. The molecule has 4 heterocycles. The van der Waals surface area contributed by atoms with Gasteiger partial charge in [0.1, 0.15) is 0 Å². The van der Waals surface area contributed by atoms with Gasteiger partial charge in [0.2, 0.25) is 5.69 Å². The van der Waals surface area contributed by atoms with E-state index in [4.69, 9.17) is 4.85 Å². The van der Waals surface area contributed by atoms with Gasteiger partial charge in [0.05, 0.1) is 85.1 Å². The first-order valence-electron chi connectivity index (χ1n) is 26.4. The van der Waals surface area contributed by atoms with Gasteiger partial charge >= 0.3 is 0 Å². The van der Waals surface area contributed by atoms with Crippen LogP contribution in [0.15, 0.2) is 243 Å². The van der Waals surface area contributed by atoms with Crippen LogP contribution in [0.25, 0.3) is 158 Å². The average molecular weight is 989 g/mol. The standard InChI is InChI=1S/C72H40N6/c1-74-64-59(42-73)69(75-60-30-14-10-26-51(60)55-38-34-43-18-2-6-22-47(43)65(55)75)71(77-62-32-16-12-28-53(62)57-40-36-45-20-4-8-24-49(45)67(57)77)72(78-63-33-17-13-29-54(63)58-41-37-46-21-5-9-25-50(46)68(58)78)70(64)76-61-31-15-11-27-52(61)56-39-35-44-19-3-7-23-48(44)66(56)76/h2-41H. The number of para-hydroxylation sites is 4. The van der Waals surface area contributed by atoms with E-state index in [0.29, 0.717) is 11.4 Å². The van der Waals surface area contributed by atoms with Gasteiger partial charge in [-0.3, -0.25) is 0 Å². The van der Waals surface area contributed by atoms with Gasteiger partial charge in [0, 0.05) is 64.6 Å². The molecule has 358 valence electrons. The largest absolute Gasteiger partial charge is 0.316 e. The number of fused-ring (bicyclic) bond motifs is 20. The molecule has 0 N–H and O–H groups in total. The maximum atomic E-state index is 12.6. The minimum atomic E-state index is 0.254. The van der Waals surface area contributed by atoms with Gasteiger partial charge in [-0.1, -0.05) is 218 Å². The van der Waals surface area contributed by atoms with Gasteiger partial charge in [-0.15, -0.1) is 0 Å². The molecule has 0 saturated carbocycles. The Balaban J connectivity index is 1.27. The van der Waals surface area contributed by atoms with Crippen molar-refractivity contribution in [1.29, 1.82) is 5.26 Å². The van der Waals surface area contributed by atoms with Crippen LogP contribution in [0.1, 0.15) is 5.56 Å². The molecule has 0 unspecified atom stereocenters. The highest BCUT2D eigenvalue weighted by molar-refractivity contribution is 6.25. The predicted molar refractivity (Wildman–Crippen MR) is 325 cm³/mol. The Hall–Kier alpha value is -10.9. The van der Waals surface area contributed by atoms with Crippen molar-refractivity contribution in [3.05, 3.63) is 260 Å². The van der Waals surface area contributed by atoms with Gasteiger partial charge in [-0.2, -0.15) is 5.26 Å². The Morgan fingerprint density at radius 2 is 0.526 bits per heavy atom. The van der Waals surface area contributed by atoms with Crippen LogP contribution in [-0.2, 0) is 0 Å². The maximum absolute atomic E-state index is 12.6. The third-order valence-electron chi connectivity index (χ3n) is 16.7. The van der Waals surface area contributed by atoms with Crippen LogP contribution in [0.3, 0.4) is 0 Å². The molecule has 0 fully saturated rings. The summed E-state index contributed by atoms with van der Waals surface area (Å²) < 4.78 is 9.59. The van der Waals surface area contributed by atoms with Crippen LogP contribution < -0.4 is 0 Å². The lowest BCUT2D eigenvalue weighted by molar-refractivity contribution is 1.03. The third-order valence-corrected chi connectivity index (χ3v) is 16.7. The number of nitrogens with zero attached hydrogens (tertiary/aromatic N) is 6. The summed E-state index contributed by atoms with van der Waals surface area (Å²) in [6.45, 7) is 9.82. The fraction of sp³-hybridized carbons (Fsp3) is 0. The minimum absolute atomic E-state index is 0.254. The van der Waals surface area contributed by atoms with Crippen molar-refractivity contribution in [2.24, 2.45) is 0 Å². The van der Waals surface area contributed by atoms with Crippen molar-refractivity contribution in [2.75, 3.05) is 0 Å². The molecule has 0 saturated heterocycles. The van der Waals surface area contributed by atoms with Crippen LogP contribution in [0.2, 0.25) is 0 Å². The van der Waals surface area contributed by atoms with E-state index in [0.717, 1.165) is 142 Å². The number of aromatic nitrogens is 4. The van der Waals surface area contributed by atoms with Crippen LogP contribution in [-0.4, -0.2) is 18.3 Å². The van der Waals surface area contributed by atoms with Crippen molar-refractivity contribution in [2.45, 2.75) is 0 Å². The second-order valence-electron chi connectivity index (χ2n) is 20.5. The minimum Gasteiger partial charge on any atom is -0.316 e. The lowest BCUT2D eigenvalue weighted by atomic mass is 10.0. The summed E-state index contributed by atoms with van der Waals surface area (Å²) in [5.41, 5.74) is 11.1. The highest BCUT2D eigenvalue weighted by Crippen LogP contribution is 2.53. The van der Waals surface area contributed by atoms with E-state index < -0.39 is 0 Å². The number of benzene rings is 13. The fourth-order valence-electron chi connectivity index (χ4n) is 13.6. The smallest absolute Gasteiger partial charge is 0.232 e. The number of rotatable bonds is 4. The number of nitriles is 1. The maximum Gasteiger partial charge on any atom is 0.232 e. The van der Waals surface area contributed by atoms with Crippen molar-refractivity contribution in [1.82, 2.24) is 18.3 Å². The van der Waals surface area contributed by atoms with Gasteiger partial charge in [-0.05, 0) is 45.8 Å². The summed E-state index contributed by atoms with van der Waals surface area (Å²) in [4.78, 5) is 4.74. The molecule has 0 amide bonds. The molecule has 0 aliphatic carbocycles. The lowest BCUT2D eigenvalue weighted by Gasteiger charge is -2.28. The molecule has 78 heavy (non-hydrogen) atoms. The first-order valence-corrected chi connectivity index (χ1v) is 26.4. The molecule has 17 aromatic rings. The molecule has 4 aromatic heterocycles. The molecule has 0 spiro atoms. The normalized spacial score (nSPS) is 12.1. The van der Waals surface area contributed by atoms with Crippen molar-refractivity contribution >= 4 is 136 Å². The molecule has 0 radical (unpaired) electrons. The molecule has 17 rings (SSSR count). The lowest BCUT2D eigenvalue weighted by Crippen LogP contribution is -2.15. The Morgan fingerprint density at radius 3 is 0.833 bits per heavy atom. The van der Waals surface area contributed by atoms with Crippen LogP contribution in [0, 0.1) is 17.9 Å². The van der Waals surface area contributed by atoms with Crippen LogP contribution >= 0.6 is 0 Å². The molecule has 0 aliphatic heterocycles. The zero-order valence-electron chi connectivity index (χ0n) is 41.8. The molecule has 0 aliphatic rings. The van der Waals surface area contributed by atoms with Crippen molar-refractivity contribution in [3.8, 4) is 28.8 Å². The van der Waals surface area contributed by atoms with E-state index in [1.807, 2.05) is 0 Å². The Morgan fingerprint density at radius 1 is 0.269 bits per heavy atom. The number of hydrogen-bond donors (Lipinski definition) is 0. The van der Waals surface area contributed by atoms with E-state index in [1.165, 1.54) is 0 Å². The second kappa shape index (κ2) is 15.8. The summed E-state index contributed by atoms with van der Waals surface area (Å²) in [6, 6.07) is 89.6. The fourth-order valence-corrected chi connectivity index (χ4v) is 13.6. The second-order valence-corrected chi connectivity index (χ2v) is 20.5. The van der Waals surface area contributed by atoms with E-state index >= 15 is 0 Å². The Labute approximate surface area is 445 Å². The summed E-state index contributed by atoms with van der Waals surface area (Å²) in [5, 5.41) is 29.7. The van der Waals surface area contributed by atoms with Crippen LogP contribution in [0.5, 0.6) is 0 Å². The molecule has 0 atom stereocenters. The van der Waals surface area contributed by atoms with E-state index in [9.17, 15) is 11.8 Å². The summed E-state index contributed by atoms with van der Waals surface area (Å²) in [6.07, 6.45) is 0. The SMILES string of the molecule is [C-]#[N+]c1c(C#N)c(-n2c3ccccc3c3ccc4ccccc4c32)c(-n2c3ccccc3c3ccc4ccccc4c32)c(-n2c3ccccc3c3ccc4ccccc4c32)c1-n1c2ccccc2c2ccc3ccccc3c21. The van der Waals surface area contributed by atoms with Crippen LogP contribution in [0.4, 0.5) is 5.69 Å². The Bertz CT molecular complexity index is 5260. The van der Waals surface area contributed by atoms with E-state index in [1.54, 1.807) is 0 Å². The summed E-state index contributed by atoms with van der Waals surface area (Å²) in [7, 11) is 0. The summed E-state index contributed by atoms with van der Waals surface area (Å²) in [5.74, 6) is 0. The molecule has 13 aromatic carbocycles. The first kappa shape index (κ1) is 42.4. The Kier molecular flexibility index (Phi) is 8.60. The van der Waals surface area contributed by atoms with Gasteiger partial charge in [0.25, 0.3) is 0 Å². The topological polar surface area (TPSA) is 47.9 Å². The van der Waals surface area contributed by atoms with Crippen molar-refractivity contribution < 1.29 is 0 Å². The highest BCUT2D eigenvalue weighted by Gasteiger charge is 2.35.